The lowest BCUT2D eigenvalue weighted by atomic mass is 10.0. The van der Waals surface area contributed by atoms with Crippen molar-refractivity contribution in [1.82, 2.24) is 0 Å². The Morgan fingerprint density at radius 2 is 1.86 bits per heavy atom. The minimum atomic E-state index is -0.444. The van der Waals surface area contributed by atoms with Gasteiger partial charge in [-0.15, -0.1) is 0 Å². The molecular weight excluding hydrogens is 278 g/mol. The first-order chi connectivity index (χ1) is 10.5. The van der Waals surface area contributed by atoms with Crippen molar-refractivity contribution in [3.63, 3.8) is 0 Å². The molecule has 5 nitrogen and oxygen atoms in total. The van der Waals surface area contributed by atoms with Gasteiger partial charge in [0, 0.05) is 11.6 Å². The van der Waals surface area contributed by atoms with Gasteiger partial charge in [0.2, 0.25) is 0 Å². The molecule has 106 valence electrons. The van der Waals surface area contributed by atoms with E-state index in [0.717, 1.165) is 0 Å². The van der Waals surface area contributed by atoms with Gasteiger partial charge in [-0.3, -0.25) is 10.1 Å². The van der Waals surface area contributed by atoms with Crippen molar-refractivity contribution in [3.05, 3.63) is 74.8 Å². The fraction of sp³-hybridized carbons (Fsp3) is 0.0588. The molecule has 0 unspecified atom stereocenters. The van der Waals surface area contributed by atoms with Gasteiger partial charge in [0.05, 0.1) is 28.2 Å². The van der Waals surface area contributed by atoms with Crippen molar-refractivity contribution in [1.29, 1.82) is 10.5 Å². The number of nitro groups is 1. The number of allylic oxidation sites excluding steroid dienone is 1. The predicted molar refractivity (Wildman–Crippen MR) is 82.5 cm³/mol. The summed E-state index contributed by atoms with van der Waals surface area (Å²) >= 11 is 0. The summed E-state index contributed by atoms with van der Waals surface area (Å²) in [5.74, 6) is 0. The quantitative estimate of drug-likeness (QED) is 0.371. The lowest BCUT2D eigenvalue weighted by Gasteiger charge is -2.02. The average molecular weight is 289 g/mol. The van der Waals surface area contributed by atoms with Crippen molar-refractivity contribution in [2.45, 2.75) is 6.92 Å². The zero-order valence-corrected chi connectivity index (χ0v) is 11.8. The standard InChI is InChI=1S/C17H11N3O2/c1-12-2-3-14(9-17(12)20(21)22)8-16(11-19)15-6-4-13(10-18)5-7-15/h2-9H,1H3/b16-8-. The molecule has 0 aliphatic carbocycles. The molecule has 0 saturated carbocycles. The normalized spacial score (nSPS) is 10.6. The molecule has 5 heteroatoms. The number of aryl methyl sites for hydroxylation is 1. The molecule has 0 aromatic heterocycles. The third-order valence-electron chi connectivity index (χ3n) is 3.19. The first-order valence-corrected chi connectivity index (χ1v) is 6.42. The van der Waals surface area contributed by atoms with Crippen LogP contribution in [0.4, 0.5) is 5.69 Å². The maximum absolute atomic E-state index is 11.0. The molecule has 0 amide bonds. The Balaban J connectivity index is 2.45. The summed E-state index contributed by atoms with van der Waals surface area (Å²) in [6.45, 7) is 1.66. The molecule has 0 bridgehead atoms. The molecule has 0 radical (unpaired) electrons. The van der Waals surface area contributed by atoms with Crippen LogP contribution < -0.4 is 0 Å². The molecule has 2 rings (SSSR count). The highest BCUT2D eigenvalue weighted by Gasteiger charge is 2.10. The summed E-state index contributed by atoms with van der Waals surface area (Å²) in [4.78, 5) is 10.5. The van der Waals surface area contributed by atoms with Crippen LogP contribution in [0.3, 0.4) is 0 Å². The van der Waals surface area contributed by atoms with E-state index in [0.29, 0.717) is 27.8 Å². The molecule has 0 fully saturated rings. The first-order valence-electron chi connectivity index (χ1n) is 6.42. The second kappa shape index (κ2) is 6.34. The van der Waals surface area contributed by atoms with Gasteiger partial charge in [-0.1, -0.05) is 24.3 Å². The minimum absolute atomic E-state index is 0.0193. The Morgan fingerprint density at radius 3 is 2.41 bits per heavy atom. The van der Waals surface area contributed by atoms with E-state index < -0.39 is 4.92 Å². The van der Waals surface area contributed by atoms with Gasteiger partial charge in [0.25, 0.3) is 5.69 Å². The summed E-state index contributed by atoms with van der Waals surface area (Å²) in [7, 11) is 0. The molecule has 22 heavy (non-hydrogen) atoms. The topological polar surface area (TPSA) is 90.7 Å². The predicted octanol–water partition coefficient (Wildman–Crippen LogP) is 3.84. The van der Waals surface area contributed by atoms with Crippen molar-refractivity contribution < 1.29 is 4.92 Å². The number of hydrogen-bond acceptors (Lipinski definition) is 4. The van der Waals surface area contributed by atoms with E-state index in [1.807, 2.05) is 6.07 Å². The molecule has 0 aliphatic heterocycles. The zero-order chi connectivity index (χ0) is 16.1. The van der Waals surface area contributed by atoms with Crippen LogP contribution in [0.15, 0.2) is 42.5 Å². The lowest BCUT2D eigenvalue weighted by molar-refractivity contribution is -0.385. The van der Waals surface area contributed by atoms with Gasteiger partial charge in [-0.05, 0) is 36.3 Å². The molecule has 0 N–H and O–H groups in total. The maximum Gasteiger partial charge on any atom is 0.272 e. The number of nitriles is 2. The lowest BCUT2D eigenvalue weighted by Crippen LogP contribution is -1.92. The number of rotatable bonds is 3. The number of benzene rings is 2. The van der Waals surface area contributed by atoms with Gasteiger partial charge in [0.15, 0.2) is 0 Å². The fourth-order valence-electron chi connectivity index (χ4n) is 1.98. The van der Waals surface area contributed by atoms with Crippen molar-refractivity contribution >= 4 is 17.3 Å². The monoisotopic (exact) mass is 289 g/mol. The average Bonchev–Trinajstić information content (AvgIpc) is 2.54. The zero-order valence-electron chi connectivity index (χ0n) is 11.8. The van der Waals surface area contributed by atoms with Gasteiger partial charge in [-0.25, -0.2) is 0 Å². The Kier molecular flexibility index (Phi) is 4.31. The summed E-state index contributed by atoms with van der Waals surface area (Å²) in [5, 5.41) is 29.0. The SMILES string of the molecule is Cc1ccc(/C=C(/C#N)c2ccc(C#N)cc2)cc1[N+](=O)[O-]. The summed E-state index contributed by atoms with van der Waals surface area (Å²) < 4.78 is 0. The van der Waals surface area contributed by atoms with E-state index in [4.69, 9.17) is 5.26 Å². The van der Waals surface area contributed by atoms with Crippen LogP contribution in [0.5, 0.6) is 0 Å². The molecule has 0 atom stereocenters. The Hall–Kier alpha value is -3.44. The van der Waals surface area contributed by atoms with E-state index in [1.54, 1.807) is 49.4 Å². The van der Waals surface area contributed by atoms with E-state index in [9.17, 15) is 15.4 Å². The second-order valence-corrected chi connectivity index (χ2v) is 4.66. The number of nitrogens with zero attached hydrogens (tertiary/aromatic N) is 3. The van der Waals surface area contributed by atoms with Crippen LogP contribution in [-0.2, 0) is 0 Å². The van der Waals surface area contributed by atoms with Gasteiger partial charge < -0.3 is 0 Å². The van der Waals surface area contributed by atoms with E-state index >= 15 is 0 Å². The maximum atomic E-state index is 11.0. The van der Waals surface area contributed by atoms with Crippen LogP contribution >= 0.6 is 0 Å². The van der Waals surface area contributed by atoms with E-state index in [1.165, 1.54) is 6.07 Å². The summed E-state index contributed by atoms with van der Waals surface area (Å²) in [5.41, 5.74) is 2.71. The van der Waals surface area contributed by atoms with Crippen molar-refractivity contribution in [2.24, 2.45) is 0 Å². The van der Waals surface area contributed by atoms with Crippen molar-refractivity contribution in [2.75, 3.05) is 0 Å². The van der Waals surface area contributed by atoms with Crippen LogP contribution in [-0.4, -0.2) is 4.92 Å². The smallest absolute Gasteiger partial charge is 0.258 e. The molecule has 2 aromatic rings. The minimum Gasteiger partial charge on any atom is -0.258 e. The third-order valence-corrected chi connectivity index (χ3v) is 3.19. The van der Waals surface area contributed by atoms with E-state index in [-0.39, 0.29) is 5.69 Å². The molecule has 0 spiro atoms. The summed E-state index contributed by atoms with van der Waals surface area (Å²) in [6.07, 6.45) is 1.59. The highest BCUT2D eigenvalue weighted by Crippen LogP contribution is 2.23. The van der Waals surface area contributed by atoms with Crippen LogP contribution in [0.2, 0.25) is 0 Å². The molecule has 0 aliphatic rings. The molecule has 0 heterocycles. The van der Waals surface area contributed by atoms with Gasteiger partial charge in [0.1, 0.15) is 0 Å². The van der Waals surface area contributed by atoms with Crippen LogP contribution in [0, 0.1) is 39.7 Å². The van der Waals surface area contributed by atoms with Gasteiger partial charge >= 0.3 is 0 Å². The molecular formula is C17H11N3O2. The Morgan fingerprint density at radius 1 is 1.18 bits per heavy atom. The summed E-state index contributed by atoms with van der Waals surface area (Å²) in [6, 6.07) is 15.5. The van der Waals surface area contributed by atoms with E-state index in [2.05, 4.69) is 6.07 Å². The molecule has 0 saturated heterocycles. The van der Waals surface area contributed by atoms with Crippen LogP contribution in [0.25, 0.3) is 11.6 Å². The Bertz CT molecular complexity index is 838. The fourth-order valence-corrected chi connectivity index (χ4v) is 1.98. The third kappa shape index (κ3) is 3.17. The number of nitro benzene ring substituents is 1. The largest absolute Gasteiger partial charge is 0.272 e. The molecule has 2 aromatic carbocycles. The number of hydrogen-bond donors (Lipinski definition) is 0. The van der Waals surface area contributed by atoms with Crippen molar-refractivity contribution in [3.8, 4) is 12.1 Å². The van der Waals surface area contributed by atoms with Gasteiger partial charge in [-0.2, -0.15) is 10.5 Å². The highest BCUT2D eigenvalue weighted by molar-refractivity contribution is 5.90. The first kappa shape index (κ1) is 15.0. The Labute approximate surface area is 127 Å². The highest BCUT2D eigenvalue weighted by atomic mass is 16.6. The second-order valence-electron chi connectivity index (χ2n) is 4.66. The van der Waals surface area contributed by atoms with Crippen LogP contribution in [0.1, 0.15) is 22.3 Å².